The van der Waals surface area contributed by atoms with E-state index < -0.39 is 0 Å². The Morgan fingerprint density at radius 1 is 1.03 bits per heavy atom. The molecule has 186 valence electrons. The van der Waals surface area contributed by atoms with Crippen molar-refractivity contribution >= 4 is 44.0 Å². The van der Waals surface area contributed by atoms with Crippen LogP contribution >= 0.6 is 11.3 Å². The quantitative estimate of drug-likeness (QED) is 0.309. The van der Waals surface area contributed by atoms with Crippen molar-refractivity contribution in [2.24, 2.45) is 5.92 Å². The van der Waals surface area contributed by atoms with E-state index in [4.69, 9.17) is 4.74 Å². The number of Topliss-reactive ketones (excluding diaryl/α,β-unsaturated/α-hetero) is 1. The van der Waals surface area contributed by atoms with Gasteiger partial charge < -0.3 is 10.1 Å². The lowest BCUT2D eigenvalue weighted by Crippen LogP contribution is -2.26. The zero-order valence-electron chi connectivity index (χ0n) is 20.4. The molecular weight excluding hydrogens is 472 g/mol. The summed E-state index contributed by atoms with van der Waals surface area (Å²) in [4.78, 5) is 40.3. The fourth-order valence-electron chi connectivity index (χ4n) is 5.25. The van der Waals surface area contributed by atoms with Crippen LogP contribution in [0.1, 0.15) is 58.6 Å². The highest BCUT2D eigenvalue weighted by molar-refractivity contribution is 7.22. The van der Waals surface area contributed by atoms with Crippen molar-refractivity contribution in [1.29, 1.82) is 0 Å². The summed E-state index contributed by atoms with van der Waals surface area (Å²) in [5.41, 5.74) is 0.874. The van der Waals surface area contributed by atoms with E-state index in [-0.39, 0.29) is 29.5 Å². The van der Waals surface area contributed by atoms with Gasteiger partial charge in [-0.15, -0.1) is 11.3 Å². The van der Waals surface area contributed by atoms with Crippen LogP contribution in [0.25, 0.3) is 21.0 Å². The summed E-state index contributed by atoms with van der Waals surface area (Å²) in [6.07, 6.45) is 7.29. The van der Waals surface area contributed by atoms with Crippen molar-refractivity contribution < 1.29 is 14.3 Å². The number of thiophene rings is 1. The van der Waals surface area contributed by atoms with Gasteiger partial charge in [-0.05, 0) is 18.4 Å². The first-order chi connectivity index (χ1) is 17.6. The number of hydrogen-bond donors (Lipinski definition) is 1. The average Bonchev–Trinajstić information content (AvgIpc) is 3.32. The molecule has 0 saturated heterocycles. The molecule has 0 spiro atoms. The summed E-state index contributed by atoms with van der Waals surface area (Å²) in [5, 5.41) is 4.21. The van der Waals surface area contributed by atoms with Crippen LogP contribution in [0, 0.1) is 5.92 Å². The number of nitrogens with zero attached hydrogens (tertiary/aromatic N) is 1. The molecule has 2 heterocycles. The summed E-state index contributed by atoms with van der Waals surface area (Å²) in [5.74, 6) is 0.569. The SMILES string of the molecule is COc1c(C(=O)NCCC2CCCCC2)sc2c1c(=O)n(CC(=O)c1ccccc1)c1ccccc21. The van der Waals surface area contributed by atoms with E-state index >= 15 is 0 Å². The molecule has 36 heavy (non-hydrogen) atoms. The molecule has 0 aliphatic heterocycles. The Labute approximate surface area is 213 Å². The topological polar surface area (TPSA) is 77.4 Å². The number of ether oxygens (including phenoxy) is 1. The molecule has 2 aromatic heterocycles. The number of rotatable bonds is 8. The van der Waals surface area contributed by atoms with Crippen molar-refractivity contribution in [3.63, 3.8) is 0 Å². The smallest absolute Gasteiger partial charge is 0.265 e. The number of benzene rings is 2. The highest BCUT2D eigenvalue weighted by Crippen LogP contribution is 2.39. The molecule has 1 amide bonds. The van der Waals surface area contributed by atoms with Crippen molar-refractivity contribution in [3.05, 3.63) is 75.4 Å². The molecule has 0 bridgehead atoms. The summed E-state index contributed by atoms with van der Waals surface area (Å²) in [6, 6.07) is 16.4. The van der Waals surface area contributed by atoms with Crippen molar-refractivity contribution in [2.45, 2.75) is 45.1 Å². The number of methoxy groups -OCH3 is 1. The van der Waals surface area contributed by atoms with Gasteiger partial charge in [0.15, 0.2) is 11.5 Å². The number of carbonyl (C=O) groups is 2. The Balaban J connectivity index is 1.52. The van der Waals surface area contributed by atoms with Crippen LogP contribution in [0.15, 0.2) is 59.4 Å². The van der Waals surface area contributed by atoms with Gasteiger partial charge in [0.25, 0.3) is 11.5 Å². The minimum Gasteiger partial charge on any atom is -0.494 e. The van der Waals surface area contributed by atoms with Gasteiger partial charge in [0, 0.05) is 17.5 Å². The van der Waals surface area contributed by atoms with E-state index in [9.17, 15) is 14.4 Å². The predicted molar refractivity (Wildman–Crippen MR) is 144 cm³/mol. The number of fused-ring (bicyclic) bond motifs is 3. The zero-order valence-corrected chi connectivity index (χ0v) is 21.2. The van der Waals surface area contributed by atoms with E-state index in [1.807, 2.05) is 30.3 Å². The number of hydrogen-bond acceptors (Lipinski definition) is 5. The van der Waals surface area contributed by atoms with Crippen LogP contribution in [-0.4, -0.2) is 29.9 Å². The number of pyridine rings is 1. The average molecular weight is 503 g/mol. The number of para-hydroxylation sites is 1. The molecule has 0 radical (unpaired) electrons. The van der Waals surface area contributed by atoms with Gasteiger partial charge in [-0.2, -0.15) is 0 Å². The first kappa shape index (κ1) is 24.3. The maximum absolute atomic E-state index is 13.8. The lowest BCUT2D eigenvalue weighted by Gasteiger charge is -2.21. The predicted octanol–water partition coefficient (Wildman–Crippen LogP) is 5.81. The number of ketones is 1. The normalized spacial score (nSPS) is 14.2. The summed E-state index contributed by atoms with van der Waals surface area (Å²) in [6.45, 7) is 0.513. The van der Waals surface area contributed by atoms with Gasteiger partial charge in [0.1, 0.15) is 10.3 Å². The van der Waals surface area contributed by atoms with E-state index in [0.717, 1.165) is 11.8 Å². The molecule has 2 aromatic carbocycles. The Hall–Kier alpha value is -3.45. The number of carbonyl (C=O) groups excluding carboxylic acids is 2. The molecule has 1 aliphatic carbocycles. The van der Waals surface area contributed by atoms with Crippen LogP contribution in [0.3, 0.4) is 0 Å². The largest absolute Gasteiger partial charge is 0.494 e. The number of aromatic nitrogens is 1. The highest BCUT2D eigenvalue weighted by atomic mass is 32.1. The van der Waals surface area contributed by atoms with Gasteiger partial charge in [-0.25, -0.2) is 0 Å². The van der Waals surface area contributed by atoms with Gasteiger partial charge in [0.2, 0.25) is 0 Å². The maximum Gasteiger partial charge on any atom is 0.265 e. The minimum absolute atomic E-state index is 0.0960. The summed E-state index contributed by atoms with van der Waals surface area (Å²) < 4.78 is 7.84. The molecule has 7 heteroatoms. The fraction of sp³-hybridized carbons (Fsp3) is 0.345. The molecule has 5 rings (SSSR count). The molecule has 1 aliphatic rings. The molecule has 0 unspecified atom stereocenters. The number of amides is 1. The third-order valence-electron chi connectivity index (χ3n) is 7.13. The van der Waals surface area contributed by atoms with E-state index in [0.29, 0.717) is 38.5 Å². The Morgan fingerprint density at radius 2 is 1.75 bits per heavy atom. The Bertz CT molecular complexity index is 1470. The first-order valence-electron chi connectivity index (χ1n) is 12.6. The van der Waals surface area contributed by atoms with Crippen molar-refractivity contribution in [3.8, 4) is 5.75 Å². The molecule has 0 atom stereocenters. The maximum atomic E-state index is 13.8. The lowest BCUT2D eigenvalue weighted by molar-refractivity contribution is 0.0948. The first-order valence-corrected chi connectivity index (χ1v) is 13.4. The Kier molecular flexibility index (Phi) is 7.18. The molecule has 1 saturated carbocycles. The van der Waals surface area contributed by atoms with Gasteiger partial charge in [-0.3, -0.25) is 19.0 Å². The molecule has 1 N–H and O–H groups in total. The highest BCUT2D eigenvalue weighted by Gasteiger charge is 2.25. The van der Waals surface area contributed by atoms with Crippen molar-refractivity contribution in [1.82, 2.24) is 9.88 Å². The molecular formula is C29H30N2O4S. The zero-order chi connectivity index (χ0) is 25.1. The second kappa shape index (κ2) is 10.7. The second-order valence-corrected chi connectivity index (χ2v) is 10.4. The van der Waals surface area contributed by atoms with Crippen LogP contribution in [0.4, 0.5) is 0 Å². The third kappa shape index (κ3) is 4.67. The van der Waals surface area contributed by atoms with Crippen LogP contribution in [0.2, 0.25) is 0 Å². The minimum atomic E-state index is -0.331. The van der Waals surface area contributed by atoms with Crippen molar-refractivity contribution in [2.75, 3.05) is 13.7 Å². The van der Waals surface area contributed by atoms with E-state index in [1.54, 1.807) is 24.3 Å². The third-order valence-corrected chi connectivity index (χ3v) is 8.34. The van der Waals surface area contributed by atoms with Crippen LogP contribution in [-0.2, 0) is 6.54 Å². The summed E-state index contributed by atoms with van der Waals surface area (Å²) in [7, 11) is 1.48. The van der Waals surface area contributed by atoms with E-state index in [2.05, 4.69) is 5.32 Å². The molecule has 6 nitrogen and oxygen atoms in total. The van der Waals surface area contributed by atoms with Crippen LogP contribution in [0.5, 0.6) is 5.75 Å². The second-order valence-electron chi connectivity index (χ2n) is 9.41. The lowest BCUT2D eigenvalue weighted by atomic mass is 9.87. The van der Waals surface area contributed by atoms with Gasteiger partial charge in [0.05, 0.1) is 23.9 Å². The Morgan fingerprint density at radius 3 is 2.50 bits per heavy atom. The standard InChI is InChI=1S/C29H30N2O4S/c1-35-25-24-26(36-27(25)28(33)30-17-16-19-10-4-2-5-11-19)21-14-8-9-15-22(21)31(29(24)34)18-23(32)20-12-6-3-7-13-20/h3,6-9,12-15,19H,2,4-5,10-11,16-18H2,1H3,(H,30,33). The summed E-state index contributed by atoms with van der Waals surface area (Å²) >= 11 is 1.27. The number of nitrogens with one attached hydrogen (secondary N) is 1. The van der Waals surface area contributed by atoms with Gasteiger partial charge >= 0.3 is 0 Å². The van der Waals surface area contributed by atoms with E-state index in [1.165, 1.54) is 55.1 Å². The molecule has 1 fully saturated rings. The van der Waals surface area contributed by atoms with Crippen LogP contribution < -0.4 is 15.6 Å². The van der Waals surface area contributed by atoms with Gasteiger partial charge in [-0.1, -0.05) is 80.6 Å². The molecule has 4 aromatic rings. The fourth-order valence-corrected chi connectivity index (χ4v) is 6.46. The monoisotopic (exact) mass is 502 g/mol.